The largest absolute Gasteiger partial charge is 0.385 e. The fourth-order valence-electron chi connectivity index (χ4n) is 1.31. The smallest absolute Gasteiger partial charge is 0.136 e. The van der Waals surface area contributed by atoms with E-state index in [9.17, 15) is 4.79 Å². The molecule has 1 N–H and O–H groups in total. The lowest BCUT2D eigenvalue weighted by atomic mass is 10.2. The number of aldehydes is 1. The zero-order chi connectivity index (χ0) is 10.9. The van der Waals surface area contributed by atoms with Gasteiger partial charge in [-0.25, -0.2) is 0 Å². The van der Waals surface area contributed by atoms with Crippen LogP contribution in [0.5, 0.6) is 0 Å². The van der Waals surface area contributed by atoms with Crippen molar-refractivity contribution >= 4 is 6.29 Å². The lowest BCUT2D eigenvalue weighted by Gasteiger charge is -2.11. The second-order valence-corrected chi connectivity index (χ2v) is 3.39. The Kier molecular flexibility index (Phi) is 5.66. The van der Waals surface area contributed by atoms with Gasteiger partial charge in [0.2, 0.25) is 0 Å². The van der Waals surface area contributed by atoms with Crippen LogP contribution in [0.15, 0.2) is 30.3 Å². The Morgan fingerprint density at radius 2 is 2.13 bits per heavy atom. The maximum atomic E-state index is 10.7. The molecule has 1 rings (SSSR count). The average molecular weight is 207 g/mol. The highest BCUT2D eigenvalue weighted by molar-refractivity contribution is 5.57. The molecule has 0 spiro atoms. The second kappa shape index (κ2) is 7.15. The van der Waals surface area contributed by atoms with E-state index in [2.05, 4.69) is 5.32 Å². The van der Waals surface area contributed by atoms with Crippen LogP contribution < -0.4 is 5.32 Å². The Balaban J connectivity index is 2.31. The van der Waals surface area contributed by atoms with Crippen LogP contribution >= 0.6 is 0 Å². The van der Waals surface area contributed by atoms with Crippen molar-refractivity contribution in [3.8, 4) is 0 Å². The third-order valence-electron chi connectivity index (χ3n) is 2.21. The summed E-state index contributed by atoms with van der Waals surface area (Å²) in [4.78, 5) is 10.7. The van der Waals surface area contributed by atoms with Gasteiger partial charge in [0.1, 0.15) is 6.29 Å². The molecule has 3 nitrogen and oxygen atoms in total. The van der Waals surface area contributed by atoms with Crippen LogP contribution in [0.3, 0.4) is 0 Å². The van der Waals surface area contributed by atoms with Crippen molar-refractivity contribution in [1.82, 2.24) is 5.32 Å². The molecule has 0 heterocycles. The van der Waals surface area contributed by atoms with Gasteiger partial charge in [0.05, 0.1) is 6.04 Å². The Labute approximate surface area is 90.4 Å². The van der Waals surface area contributed by atoms with Crippen LogP contribution in [-0.2, 0) is 16.1 Å². The molecule has 0 aromatic heterocycles. The minimum atomic E-state index is -0.120. The van der Waals surface area contributed by atoms with E-state index in [-0.39, 0.29) is 6.04 Å². The molecule has 3 heteroatoms. The monoisotopic (exact) mass is 207 g/mol. The quantitative estimate of drug-likeness (QED) is 0.686. The number of benzene rings is 1. The Hall–Kier alpha value is -1.19. The normalized spacial score (nSPS) is 12.3. The molecule has 0 radical (unpaired) electrons. The van der Waals surface area contributed by atoms with E-state index in [1.807, 2.05) is 30.3 Å². The average Bonchev–Trinajstić information content (AvgIpc) is 2.31. The molecule has 0 aliphatic carbocycles. The van der Waals surface area contributed by atoms with Crippen molar-refractivity contribution in [2.45, 2.75) is 19.0 Å². The molecule has 0 aliphatic rings. The van der Waals surface area contributed by atoms with Gasteiger partial charge in [0, 0.05) is 20.3 Å². The van der Waals surface area contributed by atoms with Crippen LogP contribution in [0, 0.1) is 0 Å². The van der Waals surface area contributed by atoms with E-state index in [0.717, 1.165) is 6.29 Å². The van der Waals surface area contributed by atoms with E-state index >= 15 is 0 Å². The first-order valence-electron chi connectivity index (χ1n) is 5.08. The van der Waals surface area contributed by atoms with E-state index in [1.165, 1.54) is 5.56 Å². The Bertz CT molecular complexity index is 274. The van der Waals surface area contributed by atoms with Crippen molar-refractivity contribution in [2.75, 3.05) is 13.7 Å². The van der Waals surface area contributed by atoms with E-state index in [1.54, 1.807) is 7.11 Å². The molecule has 1 aromatic carbocycles. The van der Waals surface area contributed by atoms with Crippen LogP contribution in [0.4, 0.5) is 0 Å². The van der Waals surface area contributed by atoms with Crippen molar-refractivity contribution in [3.63, 3.8) is 0 Å². The minimum absolute atomic E-state index is 0.120. The molecule has 0 saturated carbocycles. The van der Waals surface area contributed by atoms with Gasteiger partial charge in [-0.05, 0) is 12.0 Å². The molecule has 1 unspecified atom stereocenters. The topological polar surface area (TPSA) is 38.3 Å². The molecule has 1 aromatic rings. The number of carbonyl (C=O) groups is 1. The van der Waals surface area contributed by atoms with Gasteiger partial charge < -0.3 is 14.8 Å². The van der Waals surface area contributed by atoms with Crippen LogP contribution in [0.25, 0.3) is 0 Å². The fourth-order valence-corrected chi connectivity index (χ4v) is 1.31. The number of carbonyl (C=O) groups excluding carboxylic acids is 1. The lowest BCUT2D eigenvalue weighted by Crippen LogP contribution is -2.31. The minimum Gasteiger partial charge on any atom is -0.385 e. The van der Waals surface area contributed by atoms with Crippen molar-refractivity contribution in [1.29, 1.82) is 0 Å². The highest BCUT2D eigenvalue weighted by Crippen LogP contribution is 1.99. The van der Waals surface area contributed by atoms with Gasteiger partial charge in [0.25, 0.3) is 0 Å². The fraction of sp³-hybridized carbons (Fsp3) is 0.417. The van der Waals surface area contributed by atoms with Gasteiger partial charge >= 0.3 is 0 Å². The molecule has 15 heavy (non-hydrogen) atoms. The Morgan fingerprint density at radius 3 is 2.73 bits per heavy atom. The third kappa shape index (κ3) is 4.72. The SMILES string of the molecule is COCCC(C=O)NCc1ccccc1. The molecule has 82 valence electrons. The van der Waals surface area contributed by atoms with E-state index in [0.29, 0.717) is 19.6 Å². The zero-order valence-corrected chi connectivity index (χ0v) is 8.98. The summed E-state index contributed by atoms with van der Waals surface area (Å²) in [7, 11) is 1.64. The summed E-state index contributed by atoms with van der Waals surface area (Å²) >= 11 is 0. The highest BCUT2D eigenvalue weighted by atomic mass is 16.5. The zero-order valence-electron chi connectivity index (χ0n) is 8.98. The molecular weight excluding hydrogens is 190 g/mol. The predicted octanol–water partition coefficient (Wildman–Crippen LogP) is 1.38. The van der Waals surface area contributed by atoms with E-state index < -0.39 is 0 Å². The summed E-state index contributed by atoms with van der Waals surface area (Å²) in [6.07, 6.45) is 1.65. The predicted molar refractivity (Wildman–Crippen MR) is 59.6 cm³/mol. The number of rotatable bonds is 7. The maximum absolute atomic E-state index is 10.7. The van der Waals surface area contributed by atoms with Gasteiger partial charge in [-0.15, -0.1) is 0 Å². The lowest BCUT2D eigenvalue weighted by molar-refractivity contribution is -0.110. The Morgan fingerprint density at radius 1 is 1.40 bits per heavy atom. The third-order valence-corrected chi connectivity index (χ3v) is 2.21. The molecule has 0 saturated heterocycles. The van der Waals surface area contributed by atoms with Gasteiger partial charge in [-0.2, -0.15) is 0 Å². The first kappa shape index (κ1) is 11.9. The number of hydrogen-bond donors (Lipinski definition) is 1. The maximum Gasteiger partial charge on any atom is 0.136 e. The molecule has 0 aliphatic heterocycles. The molecule has 0 bridgehead atoms. The number of ether oxygens (including phenoxy) is 1. The molecule has 0 fully saturated rings. The summed E-state index contributed by atoms with van der Waals surface area (Å²) in [5.74, 6) is 0. The first-order valence-corrected chi connectivity index (χ1v) is 5.08. The van der Waals surface area contributed by atoms with Gasteiger partial charge in [0.15, 0.2) is 0 Å². The standard InChI is InChI=1S/C12H17NO2/c1-15-8-7-12(10-14)13-9-11-5-3-2-4-6-11/h2-6,10,12-13H,7-9H2,1H3. The number of hydrogen-bond acceptors (Lipinski definition) is 3. The van der Waals surface area contributed by atoms with Crippen molar-refractivity contribution in [3.05, 3.63) is 35.9 Å². The van der Waals surface area contributed by atoms with Gasteiger partial charge in [-0.3, -0.25) is 0 Å². The summed E-state index contributed by atoms with van der Waals surface area (Å²) in [6, 6.07) is 9.90. The van der Waals surface area contributed by atoms with Crippen LogP contribution in [-0.4, -0.2) is 26.0 Å². The summed E-state index contributed by atoms with van der Waals surface area (Å²) in [5, 5.41) is 3.17. The first-order chi connectivity index (χ1) is 7.36. The van der Waals surface area contributed by atoms with E-state index in [4.69, 9.17) is 4.74 Å². The molecule has 1 atom stereocenters. The van der Waals surface area contributed by atoms with Gasteiger partial charge in [-0.1, -0.05) is 30.3 Å². The summed E-state index contributed by atoms with van der Waals surface area (Å²) < 4.78 is 4.93. The molecule has 0 amide bonds. The number of methoxy groups -OCH3 is 1. The summed E-state index contributed by atoms with van der Waals surface area (Å²) in [6.45, 7) is 1.32. The highest BCUT2D eigenvalue weighted by Gasteiger charge is 2.05. The van der Waals surface area contributed by atoms with Crippen molar-refractivity contribution < 1.29 is 9.53 Å². The summed E-state index contributed by atoms with van der Waals surface area (Å²) in [5.41, 5.74) is 1.18. The number of nitrogens with one attached hydrogen (secondary N) is 1. The molecular formula is C12H17NO2. The van der Waals surface area contributed by atoms with Crippen molar-refractivity contribution in [2.24, 2.45) is 0 Å². The second-order valence-electron chi connectivity index (χ2n) is 3.39. The van der Waals surface area contributed by atoms with Crippen LogP contribution in [0.2, 0.25) is 0 Å². The van der Waals surface area contributed by atoms with Crippen LogP contribution in [0.1, 0.15) is 12.0 Å².